The van der Waals surface area contributed by atoms with E-state index in [1.807, 2.05) is 36.4 Å². The number of aryl methyl sites for hydroxylation is 1. The van der Waals surface area contributed by atoms with Crippen molar-refractivity contribution in [3.8, 4) is 11.5 Å². The van der Waals surface area contributed by atoms with E-state index in [-0.39, 0.29) is 23.7 Å². The predicted molar refractivity (Wildman–Crippen MR) is 204 cm³/mol. The van der Waals surface area contributed by atoms with Gasteiger partial charge in [-0.15, -0.1) is 0 Å². The Morgan fingerprint density at radius 1 is 1.00 bits per heavy atom. The molecule has 2 heterocycles. The maximum absolute atomic E-state index is 14.4. The minimum Gasteiger partial charge on any atom is -0.492 e. The second-order valence-electron chi connectivity index (χ2n) is 14.8. The minimum absolute atomic E-state index is 0.0977. The highest BCUT2D eigenvalue weighted by Crippen LogP contribution is 2.45. The average molecular weight is 719 g/mol. The van der Waals surface area contributed by atoms with Gasteiger partial charge < -0.3 is 35.1 Å². The van der Waals surface area contributed by atoms with E-state index in [0.717, 1.165) is 63.8 Å². The molecular weight excluding hydrogens is 664 g/mol. The number of hydrogen-bond donors (Lipinski definition) is 3. The molecule has 10 heteroatoms. The summed E-state index contributed by atoms with van der Waals surface area (Å²) in [6.07, 6.45) is 3.10. The van der Waals surface area contributed by atoms with Crippen LogP contribution >= 0.6 is 11.6 Å². The van der Waals surface area contributed by atoms with Gasteiger partial charge in [0.2, 0.25) is 5.91 Å². The molecule has 51 heavy (non-hydrogen) atoms. The highest BCUT2D eigenvalue weighted by molar-refractivity contribution is 6.30. The fourth-order valence-electron chi connectivity index (χ4n) is 6.81. The molecule has 0 saturated carbocycles. The van der Waals surface area contributed by atoms with Gasteiger partial charge in [-0.05, 0) is 99.4 Å². The number of nitrogens with zero attached hydrogens (tertiary/aromatic N) is 1. The lowest BCUT2D eigenvalue weighted by molar-refractivity contribution is -0.138. The lowest BCUT2D eigenvalue weighted by atomic mass is 9.94. The largest absolute Gasteiger partial charge is 0.492 e. The molecule has 5 rings (SSSR count). The van der Waals surface area contributed by atoms with Crippen LogP contribution in [0.2, 0.25) is 5.02 Å². The van der Waals surface area contributed by atoms with Crippen molar-refractivity contribution >= 4 is 29.1 Å². The molecule has 0 spiro atoms. The number of carbonyl (C=O) groups is 2. The lowest BCUT2D eigenvalue weighted by Gasteiger charge is -2.31. The zero-order valence-electron chi connectivity index (χ0n) is 30.6. The molecule has 3 aromatic carbocycles. The maximum Gasteiger partial charge on any atom is 0.256 e. The Balaban J connectivity index is 1.33. The summed E-state index contributed by atoms with van der Waals surface area (Å²) >= 11 is 6.61. The lowest BCUT2D eigenvalue weighted by Crippen LogP contribution is -2.45. The van der Waals surface area contributed by atoms with Crippen molar-refractivity contribution in [2.45, 2.75) is 71.5 Å². The average Bonchev–Trinajstić information content (AvgIpc) is 3.22. The molecule has 1 saturated heterocycles. The van der Waals surface area contributed by atoms with Crippen LogP contribution in [0.25, 0.3) is 0 Å². The van der Waals surface area contributed by atoms with Crippen molar-refractivity contribution in [2.24, 2.45) is 11.3 Å². The van der Waals surface area contributed by atoms with Crippen LogP contribution in [0.4, 0.5) is 5.69 Å². The Bertz CT molecular complexity index is 1570. The highest BCUT2D eigenvalue weighted by Gasteiger charge is 2.40. The van der Waals surface area contributed by atoms with E-state index in [4.69, 9.17) is 25.8 Å². The third kappa shape index (κ3) is 11.2. The molecule has 0 radical (unpaired) electrons. The van der Waals surface area contributed by atoms with Gasteiger partial charge in [0, 0.05) is 34.9 Å². The van der Waals surface area contributed by atoms with E-state index in [1.165, 1.54) is 5.56 Å². The number of amides is 2. The van der Waals surface area contributed by atoms with Gasteiger partial charge in [0.1, 0.15) is 12.2 Å². The van der Waals surface area contributed by atoms with Crippen LogP contribution in [0, 0.1) is 11.3 Å². The van der Waals surface area contributed by atoms with E-state index >= 15 is 0 Å². The molecule has 2 atom stereocenters. The second-order valence-corrected chi connectivity index (χ2v) is 15.3. The van der Waals surface area contributed by atoms with Gasteiger partial charge in [-0.3, -0.25) is 9.59 Å². The van der Waals surface area contributed by atoms with E-state index in [0.29, 0.717) is 53.4 Å². The second kappa shape index (κ2) is 18.7. The van der Waals surface area contributed by atoms with Crippen LogP contribution in [-0.4, -0.2) is 70.9 Å². The van der Waals surface area contributed by atoms with Crippen LogP contribution in [-0.2, 0) is 20.7 Å². The zero-order valence-corrected chi connectivity index (χ0v) is 31.4. The molecule has 0 aliphatic carbocycles. The van der Waals surface area contributed by atoms with Gasteiger partial charge in [-0.1, -0.05) is 74.8 Å². The normalized spacial score (nSPS) is 18.2. The van der Waals surface area contributed by atoms with Crippen molar-refractivity contribution in [1.29, 1.82) is 0 Å². The van der Waals surface area contributed by atoms with Gasteiger partial charge in [-0.25, -0.2) is 0 Å². The summed E-state index contributed by atoms with van der Waals surface area (Å²) < 4.78 is 19.0. The first-order valence-electron chi connectivity index (χ1n) is 18.4. The molecule has 1 fully saturated rings. The standard InChI is InChI=1S/C41H55ClN4O5/c1-41(2,3)28-46-34-17-16-31(42)25-33(34)38(51-36(40(46)48)26-37(47)45-27-30-18-22-44-23-19-30)32-14-8-15-35(39(32)49-4)50-24-10-21-43-20-9-13-29-11-6-5-7-12-29/h5-8,11-12,14-17,25,30,36,38,43-44H,9-10,13,18-24,26-28H2,1-4H3,(H,45,47). The molecule has 2 aliphatic rings. The molecule has 3 N–H and O–H groups in total. The Morgan fingerprint density at radius 2 is 1.76 bits per heavy atom. The smallest absolute Gasteiger partial charge is 0.256 e. The van der Waals surface area contributed by atoms with Gasteiger partial charge in [0.25, 0.3) is 5.91 Å². The number of anilines is 1. The summed E-state index contributed by atoms with van der Waals surface area (Å²) in [5.41, 5.74) is 3.26. The van der Waals surface area contributed by atoms with Gasteiger partial charge in [0.05, 0.1) is 20.1 Å². The van der Waals surface area contributed by atoms with Crippen molar-refractivity contribution in [3.05, 3.63) is 88.4 Å². The number of halogens is 1. The number of nitrogens with one attached hydrogen (secondary N) is 3. The molecule has 2 unspecified atom stereocenters. The number of ether oxygens (including phenoxy) is 3. The Hall–Kier alpha value is -3.63. The fourth-order valence-corrected chi connectivity index (χ4v) is 6.99. The third-order valence-corrected chi connectivity index (χ3v) is 9.60. The summed E-state index contributed by atoms with van der Waals surface area (Å²) in [4.78, 5) is 29.5. The van der Waals surface area contributed by atoms with Crippen LogP contribution in [0.1, 0.15) is 75.7 Å². The monoisotopic (exact) mass is 718 g/mol. The number of hydrogen-bond acceptors (Lipinski definition) is 7. The number of para-hydroxylation sites is 1. The molecular formula is C41H55ClN4O5. The number of carbonyl (C=O) groups excluding carboxylic acids is 2. The summed E-state index contributed by atoms with van der Waals surface area (Å²) in [5.74, 6) is 1.07. The fraction of sp³-hybridized carbons (Fsp3) is 0.512. The molecule has 0 aromatic heterocycles. The summed E-state index contributed by atoms with van der Waals surface area (Å²) in [6.45, 7) is 11.5. The van der Waals surface area contributed by atoms with E-state index < -0.39 is 12.2 Å². The van der Waals surface area contributed by atoms with Crippen molar-refractivity contribution in [2.75, 3.05) is 57.9 Å². The minimum atomic E-state index is -1.03. The summed E-state index contributed by atoms with van der Waals surface area (Å²) in [5, 5.41) is 10.5. The zero-order chi connectivity index (χ0) is 36.2. The van der Waals surface area contributed by atoms with E-state index in [1.54, 1.807) is 18.1 Å². The molecule has 0 bridgehead atoms. The van der Waals surface area contributed by atoms with Crippen molar-refractivity contribution < 1.29 is 23.8 Å². The van der Waals surface area contributed by atoms with E-state index in [9.17, 15) is 9.59 Å². The van der Waals surface area contributed by atoms with Gasteiger partial charge >= 0.3 is 0 Å². The number of benzene rings is 3. The topological polar surface area (TPSA) is 101 Å². The van der Waals surface area contributed by atoms with E-state index in [2.05, 4.69) is 61.0 Å². The molecule has 9 nitrogen and oxygen atoms in total. The first-order valence-corrected chi connectivity index (χ1v) is 18.8. The highest BCUT2D eigenvalue weighted by atomic mass is 35.5. The SMILES string of the molecule is COc1c(OCCCNCCCc2ccccc2)cccc1C1OC(CC(=O)NCC2CCNCC2)C(=O)N(CC(C)(C)C)c2ccc(Cl)cc21. The number of piperidine rings is 1. The van der Waals surface area contributed by atoms with Crippen molar-refractivity contribution in [3.63, 3.8) is 0 Å². The van der Waals surface area contributed by atoms with Gasteiger partial charge in [-0.2, -0.15) is 0 Å². The molecule has 276 valence electrons. The molecule has 2 aliphatic heterocycles. The predicted octanol–water partition coefficient (Wildman–Crippen LogP) is 6.71. The quantitative estimate of drug-likeness (QED) is 0.142. The number of methoxy groups -OCH3 is 1. The van der Waals surface area contributed by atoms with Crippen molar-refractivity contribution in [1.82, 2.24) is 16.0 Å². The van der Waals surface area contributed by atoms with Crippen LogP contribution in [0.15, 0.2) is 66.7 Å². The van der Waals surface area contributed by atoms with Gasteiger partial charge in [0.15, 0.2) is 11.5 Å². The summed E-state index contributed by atoms with van der Waals surface area (Å²) in [7, 11) is 1.61. The first kappa shape index (κ1) is 38.6. The third-order valence-electron chi connectivity index (χ3n) is 9.37. The maximum atomic E-state index is 14.4. The van der Waals surface area contributed by atoms with Crippen LogP contribution in [0.5, 0.6) is 11.5 Å². The van der Waals surface area contributed by atoms with Crippen LogP contribution in [0.3, 0.4) is 0 Å². The first-order chi connectivity index (χ1) is 24.6. The molecule has 2 amide bonds. The number of rotatable bonds is 16. The Kier molecular flexibility index (Phi) is 14.2. The van der Waals surface area contributed by atoms with Crippen LogP contribution < -0.4 is 30.3 Å². The number of fused-ring (bicyclic) bond motifs is 1. The Morgan fingerprint density at radius 3 is 2.51 bits per heavy atom. The summed E-state index contributed by atoms with van der Waals surface area (Å²) in [6, 6.07) is 21.7. The Labute approximate surface area is 308 Å². The molecule has 3 aromatic rings.